The molecule has 1 aromatic rings. The summed E-state index contributed by atoms with van der Waals surface area (Å²) in [6, 6.07) is 0. The molecule has 0 aliphatic heterocycles. The van der Waals surface area contributed by atoms with Gasteiger partial charge in [-0.3, -0.25) is 14.4 Å². The molecule has 116 valence electrons. The molecule has 0 spiro atoms. The van der Waals surface area contributed by atoms with Crippen LogP contribution in [-0.4, -0.2) is 36.7 Å². The molecular weight excluding hydrogens is 288 g/mol. The molecule has 0 saturated carbocycles. The van der Waals surface area contributed by atoms with Crippen LogP contribution in [0.1, 0.15) is 38.8 Å². The first kappa shape index (κ1) is 15.8. The Balaban J connectivity index is 2.86. The third kappa shape index (κ3) is 2.26. The summed E-state index contributed by atoms with van der Waals surface area (Å²) >= 11 is 0. The van der Waals surface area contributed by atoms with E-state index in [1.165, 1.54) is 21.1 Å². The zero-order valence-corrected chi connectivity index (χ0v) is 12.8. The first-order valence-electron chi connectivity index (χ1n) is 6.60. The van der Waals surface area contributed by atoms with E-state index in [1.54, 1.807) is 6.92 Å². The highest BCUT2D eigenvalue weighted by Crippen LogP contribution is 2.41. The fraction of sp³-hybridized carbons (Fsp3) is 0.312. The molecule has 1 aliphatic rings. The lowest BCUT2D eigenvalue weighted by Crippen LogP contribution is -2.21. The monoisotopic (exact) mass is 304 g/mol. The van der Waals surface area contributed by atoms with Gasteiger partial charge in [0.05, 0.1) is 25.3 Å². The zero-order chi connectivity index (χ0) is 16.6. The van der Waals surface area contributed by atoms with Crippen molar-refractivity contribution in [2.75, 3.05) is 14.2 Å². The van der Waals surface area contributed by atoms with E-state index in [1.807, 2.05) is 0 Å². The lowest BCUT2D eigenvalue weighted by atomic mass is 9.86. The Morgan fingerprint density at radius 3 is 2.32 bits per heavy atom. The van der Waals surface area contributed by atoms with Crippen LogP contribution in [0.5, 0.6) is 11.5 Å². The molecule has 1 aliphatic carbocycles. The van der Waals surface area contributed by atoms with Crippen LogP contribution in [0.2, 0.25) is 0 Å². The number of ether oxygens (including phenoxy) is 2. The Labute approximate surface area is 127 Å². The van der Waals surface area contributed by atoms with Gasteiger partial charge in [-0.15, -0.1) is 0 Å². The first-order chi connectivity index (χ1) is 10.3. The standard InChI is InChI=1S/C16H16O6/c1-7(17)5-9-8(2)14(19)12-10(18)6-11(21-3)15(20)13(12)16(9)22-4/h6,19H,5H2,1-4H3. The van der Waals surface area contributed by atoms with Crippen LogP contribution in [-0.2, 0) is 16.0 Å². The van der Waals surface area contributed by atoms with Gasteiger partial charge in [0.25, 0.3) is 0 Å². The van der Waals surface area contributed by atoms with Gasteiger partial charge in [0.15, 0.2) is 11.5 Å². The van der Waals surface area contributed by atoms with Crippen LogP contribution in [0, 0.1) is 6.92 Å². The number of allylic oxidation sites excluding steroid dienone is 2. The number of hydrogen-bond acceptors (Lipinski definition) is 6. The molecule has 0 aromatic heterocycles. The summed E-state index contributed by atoms with van der Waals surface area (Å²) in [6.45, 7) is 2.96. The normalized spacial score (nSPS) is 13.5. The number of phenols is 1. The third-order valence-corrected chi connectivity index (χ3v) is 3.61. The number of Topliss-reactive ketones (excluding diaryl/α,β-unsaturated/α-hetero) is 2. The molecule has 0 bridgehead atoms. The van der Waals surface area contributed by atoms with Crippen molar-refractivity contribution in [1.82, 2.24) is 0 Å². The van der Waals surface area contributed by atoms with Crippen LogP contribution in [0.15, 0.2) is 11.8 Å². The van der Waals surface area contributed by atoms with Crippen molar-refractivity contribution in [3.8, 4) is 11.5 Å². The number of methoxy groups -OCH3 is 2. The summed E-state index contributed by atoms with van der Waals surface area (Å²) in [6.07, 6.45) is 1.03. The number of hydrogen-bond donors (Lipinski definition) is 1. The second-order valence-electron chi connectivity index (χ2n) is 5.02. The summed E-state index contributed by atoms with van der Waals surface area (Å²) < 4.78 is 10.2. The van der Waals surface area contributed by atoms with E-state index in [-0.39, 0.29) is 40.6 Å². The van der Waals surface area contributed by atoms with E-state index >= 15 is 0 Å². The van der Waals surface area contributed by atoms with Crippen LogP contribution < -0.4 is 4.74 Å². The van der Waals surface area contributed by atoms with Crippen molar-refractivity contribution in [2.45, 2.75) is 20.3 Å². The number of fused-ring (bicyclic) bond motifs is 1. The molecule has 1 aromatic carbocycles. The van der Waals surface area contributed by atoms with Crippen molar-refractivity contribution in [3.05, 3.63) is 34.1 Å². The smallest absolute Gasteiger partial charge is 0.232 e. The maximum absolute atomic E-state index is 12.5. The molecule has 0 unspecified atom stereocenters. The van der Waals surface area contributed by atoms with Gasteiger partial charge in [0, 0.05) is 18.1 Å². The number of carbonyl (C=O) groups excluding carboxylic acids is 3. The van der Waals surface area contributed by atoms with E-state index in [0.29, 0.717) is 11.1 Å². The van der Waals surface area contributed by atoms with Gasteiger partial charge in [-0.25, -0.2) is 0 Å². The molecule has 0 atom stereocenters. The van der Waals surface area contributed by atoms with Gasteiger partial charge < -0.3 is 14.6 Å². The molecule has 6 nitrogen and oxygen atoms in total. The van der Waals surface area contributed by atoms with E-state index in [2.05, 4.69) is 0 Å². The summed E-state index contributed by atoms with van der Waals surface area (Å²) in [5, 5.41) is 10.3. The number of phenolic OH excluding ortho intramolecular Hbond substituents is 1. The average Bonchev–Trinajstić information content (AvgIpc) is 2.47. The third-order valence-electron chi connectivity index (χ3n) is 3.61. The predicted molar refractivity (Wildman–Crippen MR) is 77.5 cm³/mol. The second kappa shape index (κ2) is 5.63. The maximum Gasteiger partial charge on any atom is 0.232 e. The second-order valence-corrected chi connectivity index (χ2v) is 5.02. The van der Waals surface area contributed by atoms with Gasteiger partial charge in [-0.1, -0.05) is 0 Å². The average molecular weight is 304 g/mol. The Morgan fingerprint density at radius 1 is 1.18 bits per heavy atom. The molecule has 0 radical (unpaired) electrons. The topological polar surface area (TPSA) is 89.9 Å². The van der Waals surface area contributed by atoms with Gasteiger partial charge in [0.2, 0.25) is 5.78 Å². The summed E-state index contributed by atoms with van der Waals surface area (Å²) in [5.41, 5.74) is 0.560. The van der Waals surface area contributed by atoms with E-state index in [4.69, 9.17) is 9.47 Å². The fourth-order valence-corrected chi connectivity index (χ4v) is 2.56. The van der Waals surface area contributed by atoms with Crippen LogP contribution in [0.25, 0.3) is 0 Å². The molecule has 22 heavy (non-hydrogen) atoms. The van der Waals surface area contributed by atoms with Crippen LogP contribution in [0.3, 0.4) is 0 Å². The van der Waals surface area contributed by atoms with Gasteiger partial charge in [-0.05, 0) is 19.4 Å². The highest BCUT2D eigenvalue weighted by atomic mass is 16.5. The Morgan fingerprint density at radius 2 is 1.82 bits per heavy atom. The SMILES string of the molecule is COC1=CC(=O)c2c(O)c(C)c(CC(C)=O)c(OC)c2C1=O. The van der Waals surface area contributed by atoms with E-state index in [0.717, 1.165) is 6.08 Å². The number of aromatic hydroxyl groups is 1. The van der Waals surface area contributed by atoms with E-state index < -0.39 is 11.6 Å². The molecule has 0 fully saturated rings. The Hall–Kier alpha value is -2.63. The number of ketones is 3. The lowest BCUT2D eigenvalue weighted by Gasteiger charge is -2.22. The highest BCUT2D eigenvalue weighted by Gasteiger charge is 2.35. The van der Waals surface area contributed by atoms with Crippen molar-refractivity contribution in [2.24, 2.45) is 0 Å². The maximum atomic E-state index is 12.5. The van der Waals surface area contributed by atoms with E-state index in [9.17, 15) is 19.5 Å². The Bertz CT molecular complexity index is 727. The predicted octanol–water partition coefficient (Wildman–Crippen LogP) is 1.75. The quantitative estimate of drug-likeness (QED) is 0.911. The molecule has 2 rings (SSSR count). The highest BCUT2D eigenvalue weighted by molar-refractivity contribution is 6.26. The number of rotatable bonds is 4. The van der Waals surface area contributed by atoms with Crippen LogP contribution in [0.4, 0.5) is 0 Å². The molecule has 6 heteroatoms. The van der Waals surface area contributed by atoms with Crippen molar-refractivity contribution in [3.63, 3.8) is 0 Å². The Kier molecular flexibility index (Phi) is 4.03. The fourth-order valence-electron chi connectivity index (χ4n) is 2.56. The molecule has 1 N–H and O–H groups in total. The van der Waals surface area contributed by atoms with Crippen molar-refractivity contribution < 1.29 is 29.0 Å². The molecule has 0 saturated heterocycles. The summed E-state index contributed by atoms with van der Waals surface area (Å²) in [5.74, 6) is -1.57. The first-order valence-corrected chi connectivity index (χ1v) is 6.60. The minimum Gasteiger partial charge on any atom is -0.507 e. The summed E-state index contributed by atoms with van der Waals surface area (Å²) in [4.78, 5) is 36.1. The van der Waals surface area contributed by atoms with Crippen molar-refractivity contribution in [1.29, 1.82) is 0 Å². The summed E-state index contributed by atoms with van der Waals surface area (Å²) in [7, 11) is 2.62. The lowest BCUT2D eigenvalue weighted by molar-refractivity contribution is -0.116. The molecule has 0 heterocycles. The van der Waals surface area contributed by atoms with Gasteiger partial charge in [-0.2, -0.15) is 0 Å². The minimum absolute atomic E-state index is 0.0106. The van der Waals surface area contributed by atoms with Crippen molar-refractivity contribution >= 4 is 17.3 Å². The van der Waals surface area contributed by atoms with Gasteiger partial charge >= 0.3 is 0 Å². The zero-order valence-electron chi connectivity index (χ0n) is 12.8. The van der Waals surface area contributed by atoms with Gasteiger partial charge in [0.1, 0.15) is 17.3 Å². The number of benzene rings is 1. The minimum atomic E-state index is -0.561. The molecule has 0 amide bonds. The molecular formula is C16H16O6. The number of carbonyl (C=O) groups is 3. The largest absolute Gasteiger partial charge is 0.507 e. The van der Waals surface area contributed by atoms with Crippen LogP contribution >= 0.6 is 0 Å².